The Morgan fingerprint density at radius 2 is 1.37 bits per heavy atom. The first-order valence-corrected chi connectivity index (χ1v) is 11.2. The maximum atomic E-state index is 11.8. The van der Waals surface area contributed by atoms with Crippen molar-refractivity contribution in [2.24, 2.45) is 10.8 Å². The van der Waals surface area contributed by atoms with Gasteiger partial charge in [-0.1, -0.05) is 12.5 Å². The van der Waals surface area contributed by atoms with Crippen molar-refractivity contribution in [3.63, 3.8) is 0 Å². The van der Waals surface area contributed by atoms with Crippen LogP contribution in [-0.2, 0) is 18.9 Å². The Morgan fingerprint density at radius 3 is 1.74 bits per heavy atom. The molecule has 35 heavy (non-hydrogen) atoms. The molecule has 0 aliphatic carbocycles. The molecule has 2 atom stereocenters. The van der Waals surface area contributed by atoms with Gasteiger partial charge in [-0.25, -0.2) is 9.59 Å². The van der Waals surface area contributed by atoms with Gasteiger partial charge in [0.2, 0.25) is 0 Å². The fourth-order valence-corrected chi connectivity index (χ4v) is 2.80. The largest absolute Gasteiger partial charge is 0.444 e. The van der Waals surface area contributed by atoms with Crippen LogP contribution in [0.2, 0.25) is 0 Å². The van der Waals surface area contributed by atoms with Crippen LogP contribution in [0.4, 0.5) is 9.59 Å². The Bertz CT molecular complexity index is 660. The second-order valence-corrected chi connectivity index (χ2v) is 9.49. The molecule has 0 saturated carbocycles. The number of azide groups is 1. The number of carbonyl (C=O) groups excluding carboxylic acids is 2. The quantitative estimate of drug-likeness (QED) is 0.334. The minimum atomic E-state index is -0.504. The maximum Gasteiger partial charge on any atom is 0.410 e. The van der Waals surface area contributed by atoms with E-state index in [0.717, 1.165) is 7.11 Å². The summed E-state index contributed by atoms with van der Waals surface area (Å²) in [4.78, 5) is 29.4. The minimum Gasteiger partial charge on any atom is -0.444 e. The zero-order chi connectivity index (χ0) is 26.4. The number of hydrogen-bond donors (Lipinski definition) is 2. The Labute approximate surface area is 209 Å². The molecule has 0 aromatic heterocycles. The molecule has 0 aromatic carbocycles. The first-order valence-electron chi connectivity index (χ1n) is 11.2. The molecule has 0 spiro atoms. The van der Waals surface area contributed by atoms with Gasteiger partial charge in [0.15, 0.2) is 0 Å². The van der Waals surface area contributed by atoms with Crippen molar-refractivity contribution in [2.45, 2.75) is 72.4 Å². The molecule has 2 heterocycles. The summed E-state index contributed by atoms with van der Waals surface area (Å²) in [7, 11) is 1.00. The van der Waals surface area contributed by atoms with Crippen molar-refractivity contribution >= 4 is 12.2 Å². The van der Waals surface area contributed by atoms with E-state index >= 15 is 0 Å². The van der Waals surface area contributed by atoms with E-state index in [4.69, 9.17) is 35.3 Å². The summed E-state index contributed by atoms with van der Waals surface area (Å²) in [6.45, 7) is 14.6. The SMILES string of the molecule is C.CC(C)(C)OC(=O)N1CCOC(CN)C1.CC(C)(C)OC(=O)N1CCOC(CN=[N+]=[N-])C1.CO. The Morgan fingerprint density at radius 1 is 0.971 bits per heavy atom. The number of rotatable bonds is 3. The Hall–Kier alpha value is -2.31. The predicted molar refractivity (Wildman–Crippen MR) is 133 cm³/mol. The molecule has 2 unspecified atom stereocenters. The highest BCUT2D eigenvalue weighted by atomic mass is 16.6. The molecule has 0 radical (unpaired) electrons. The highest BCUT2D eigenvalue weighted by Crippen LogP contribution is 2.14. The highest BCUT2D eigenvalue weighted by Gasteiger charge is 2.28. The lowest BCUT2D eigenvalue weighted by molar-refractivity contribution is -0.0385. The molecule has 3 N–H and O–H groups in total. The van der Waals surface area contributed by atoms with Gasteiger partial charge >= 0.3 is 12.2 Å². The number of nitrogens with two attached hydrogens (primary N) is 1. The van der Waals surface area contributed by atoms with Gasteiger partial charge in [0, 0.05) is 31.7 Å². The smallest absolute Gasteiger partial charge is 0.410 e. The molecule has 2 saturated heterocycles. The van der Waals surface area contributed by atoms with E-state index in [1.54, 1.807) is 9.80 Å². The molecule has 13 heteroatoms. The topological polar surface area (TPSA) is 173 Å². The average Bonchev–Trinajstić information content (AvgIpc) is 2.77. The molecule has 2 rings (SSSR count). The zero-order valence-corrected chi connectivity index (χ0v) is 21.5. The molecular weight excluding hydrogens is 460 g/mol. The summed E-state index contributed by atoms with van der Waals surface area (Å²) < 4.78 is 21.3. The Balaban J connectivity index is 0. The fraction of sp³-hybridized carbons (Fsp3) is 0.909. The fourth-order valence-electron chi connectivity index (χ4n) is 2.80. The summed E-state index contributed by atoms with van der Waals surface area (Å²) in [6, 6.07) is 0. The zero-order valence-electron chi connectivity index (χ0n) is 21.5. The van der Waals surface area contributed by atoms with Crippen LogP contribution in [-0.4, -0.2) is 110 Å². The van der Waals surface area contributed by atoms with Crippen LogP contribution in [0, 0.1) is 0 Å². The van der Waals surface area contributed by atoms with Gasteiger partial charge in [0.1, 0.15) is 11.2 Å². The van der Waals surface area contributed by atoms with Crippen LogP contribution >= 0.6 is 0 Å². The standard InChI is InChI=1S/C10H18N4O3.C10H20N2O3.CH4O.CH4/c1-10(2,3)17-9(15)14-4-5-16-8(7-14)6-12-13-11;1-10(2,3)15-9(13)12-4-5-14-8(6-11)7-12;1-2;/h8H,4-7H2,1-3H3;8H,4-7,11H2,1-3H3;2H,1H3;1H4. The van der Waals surface area contributed by atoms with E-state index in [-0.39, 0.29) is 38.4 Å². The van der Waals surface area contributed by atoms with Crippen LogP contribution in [0.5, 0.6) is 0 Å². The van der Waals surface area contributed by atoms with Crippen LogP contribution < -0.4 is 5.73 Å². The normalized spacial score (nSPS) is 19.9. The van der Waals surface area contributed by atoms with Crippen molar-refractivity contribution in [3.8, 4) is 0 Å². The monoisotopic (exact) mass is 506 g/mol. The van der Waals surface area contributed by atoms with Crippen molar-refractivity contribution in [1.29, 1.82) is 0 Å². The second-order valence-electron chi connectivity index (χ2n) is 9.49. The van der Waals surface area contributed by atoms with Crippen molar-refractivity contribution < 1.29 is 33.6 Å². The third-order valence-corrected chi connectivity index (χ3v) is 4.19. The molecule has 0 aromatic rings. The van der Waals surface area contributed by atoms with Gasteiger partial charge in [0.05, 0.1) is 45.1 Å². The van der Waals surface area contributed by atoms with Crippen molar-refractivity contribution in [3.05, 3.63) is 10.4 Å². The van der Waals surface area contributed by atoms with Crippen LogP contribution in [0.1, 0.15) is 49.0 Å². The lowest BCUT2D eigenvalue weighted by atomic mass is 10.2. The first-order chi connectivity index (χ1) is 15.8. The van der Waals surface area contributed by atoms with Crippen LogP contribution in [0.3, 0.4) is 0 Å². The molecular formula is C22H46N6O7. The van der Waals surface area contributed by atoms with E-state index in [1.165, 1.54) is 0 Å². The lowest BCUT2D eigenvalue weighted by Gasteiger charge is -2.33. The molecule has 206 valence electrons. The van der Waals surface area contributed by atoms with Gasteiger partial charge in [-0.05, 0) is 47.1 Å². The number of nitrogens with zero attached hydrogens (tertiary/aromatic N) is 5. The summed E-state index contributed by atoms with van der Waals surface area (Å²) in [6.07, 6.45) is -0.950. The molecule has 2 aliphatic rings. The van der Waals surface area contributed by atoms with E-state index in [0.29, 0.717) is 45.9 Å². The molecule has 2 amide bonds. The third kappa shape index (κ3) is 16.1. The number of hydrogen-bond acceptors (Lipinski definition) is 9. The van der Waals surface area contributed by atoms with Crippen LogP contribution in [0.25, 0.3) is 10.4 Å². The van der Waals surface area contributed by atoms with Gasteiger partial charge < -0.3 is 39.6 Å². The minimum absolute atomic E-state index is 0. The molecule has 2 aliphatic heterocycles. The predicted octanol–water partition coefficient (Wildman–Crippen LogP) is 2.76. The molecule has 13 nitrogen and oxygen atoms in total. The molecule has 0 bridgehead atoms. The summed E-state index contributed by atoms with van der Waals surface area (Å²) in [5, 5.41) is 10.4. The van der Waals surface area contributed by atoms with Gasteiger partial charge in [-0.2, -0.15) is 0 Å². The third-order valence-electron chi connectivity index (χ3n) is 4.19. The second kappa shape index (κ2) is 17.2. The van der Waals surface area contributed by atoms with Crippen molar-refractivity contribution in [2.75, 3.05) is 59.6 Å². The molecule has 2 fully saturated rings. The number of carbonyl (C=O) groups is 2. The van der Waals surface area contributed by atoms with E-state index in [9.17, 15) is 9.59 Å². The lowest BCUT2D eigenvalue weighted by Crippen LogP contribution is -2.49. The van der Waals surface area contributed by atoms with Crippen molar-refractivity contribution in [1.82, 2.24) is 9.80 Å². The Kier molecular flexibility index (Phi) is 17.1. The summed E-state index contributed by atoms with van der Waals surface area (Å²) >= 11 is 0. The van der Waals surface area contributed by atoms with Gasteiger partial charge in [-0.3, -0.25) is 0 Å². The number of aliphatic hydroxyl groups is 1. The maximum absolute atomic E-state index is 11.8. The summed E-state index contributed by atoms with van der Waals surface area (Å²) in [5.74, 6) is 0. The van der Waals surface area contributed by atoms with Crippen LogP contribution in [0.15, 0.2) is 5.11 Å². The number of morpholine rings is 2. The first kappa shape index (κ1) is 34.9. The van der Waals surface area contributed by atoms with E-state index in [1.807, 2.05) is 41.5 Å². The number of ether oxygens (including phenoxy) is 4. The number of amides is 2. The van der Waals surface area contributed by atoms with Gasteiger partial charge in [0.25, 0.3) is 0 Å². The number of aliphatic hydroxyl groups excluding tert-OH is 1. The average molecular weight is 507 g/mol. The summed E-state index contributed by atoms with van der Waals surface area (Å²) in [5.41, 5.74) is 12.8. The van der Waals surface area contributed by atoms with E-state index < -0.39 is 11.2 Å². The highest BCUT2D eigenvalue weighted by molar-refractivity contribution is 5.68. The van der Waals surface area contributed by atoms with Gasteiger partial charge in [-0.15, -0.1) is 0 Å². The van der Waals surface area contributed by atoms with E-state index in [2.05, 4.69) is 10.0 Å².